The van der Waals surface area contributed by atoms with Crippen molar-refractivity contribution >= 4 is 17.5 Å². The third kappa shape index (κ3) is 10.6. The third-order valence-corrected chi connectivity index (χ3v) is 5.08. The molecule has 3 rings (SSSR count). The maximum atomic E-state index is 7.54. The van der Waals surface area contributed by atoms with Gasteiger partial charge in [0.15, 0.2) is 17.3 Å². The van der Waals surface area contributed by atoms with E-state index in [1.165, 1.54) is 24.8 Å². The van der Waals surface area contributed by atoms with Crippen LogP contribution < -0.4 is 11.1 Å². The molecule has 1 unspecified atom stereocenters. The summed E-state index contributed by atoms with van der Waals surface area (Å²) in [6.07, 6.45) is 19.9. The molecule has 0 spiro atoms. The number of nitrogens with one attached hydrogen (secondary N) is 2. The number of rotatable bonds is 10. The number of furan rings is 1. The van der Waals surface area contributed by atoms with E-state index in [0.29, 0.717) is 35.4 Å². The zero-order valence-corrected chi connectivity index (χ0v) is 21.5. The van der Waals surface area contributed by atoms with E-state index < -0.39 is 0 Å². The number of nitrogens with two attached hydrogens (primary N) is 1. The van der Waals surface area contributed by atoms with Crippen LogP contribution in [0.4, 0.5) is 17.5 Å². The van der Waals surface area contributed by atoms with Crippen molar-refractivity contribution in [1.82, 2.24) is 9.97 Å². The third-order valence-electron chi connectivity index (χ3n) is 5.08. The van der Waals surface area contributed by atoms with Gasteiger partial charge in [0.2, 0.25) is 5.95 Å². The summed E-state index contributed by atoms with van der Waals surface area (Å²) in [4.78, 5) is 8.40. The summed E-state index contributed by atoms with van der Waals surface area (Å²) in [5.41, 5.74) is 15.5. The van der Waals surface area contributed by atoms with Gasteiger partial charge in [0.25, 0.3) is 0 Å². The lowest BCUT2D eigenvalue weighted by atomic mass is 9.99. The molecule has 35 heavy (non-hydrogen) atoms. The van der Waals surface area contributed by atoms with E-state index in [2.05, 4.69) is 72.2 Å². The van der Waals surface area contributed by atoms with Gasteiger partial charge in [-0.15, -0.1) is 12.8 Å². The topological polar surface area (TPSA) is 122 Å². The van der Waals surface area contributed by atoms with Gasteiger partial charge in [0.1, 0.15) is 11.5 Å². The Morgan fingerprint density at radius 3 is 2.66 bits per heavy atom. The first kappa shape index (κ1) is 29.6. The molecule has 1 atom stereocenters. The highest BCUT2D eigenvalue weighted by Crippen LogP contribution is 2.35. The van der Waals surface area contributed by atoms with Crippen LogP contribution in [0.2, 0.25) is 0 Å². The van der Waals surface area contributed by atoms with Crippen LogP contribution >= 0.6 is 0 Å². The molecule has 8 heteroatoms. The van der Waals surface area contributed by atoms with E-state index in [1.54, 1.807) is 6.07 Å². The number of allylic oxidation sites excluding steroid dienone is 3. The number of terminal acetylenes is 1. The van der Waals surface area contributed by atoms with Crippen LogP contribution in [0.5, 0.6) is 0 Å². The van der Waals surface area contributed by atoms with Gasteiger partial charge in [0, 0.05) is 19.8 Å². The number of anilines is 2. The Morgan fingerprint density at radius 2 is 2.06 bits per heavy atom. The van der Waals surface area contributed by atoms with Gasteiger partial charge in [-0.2, -0.15) is 10.1 Å². The minimum atomic E-state index is 0.107. The molecule has 190 valence electrons. The first-order valence-electron chi connectivity index (χ1n) is 12.1. The monoisotopic (exact) mass is 480 g/mol. The summed E-state index contributed by atoms with van der Waals surface area (Å²) in [6, 6.07) is 3.61. The fourth-order valence-electron chi connectivity index (χ4n) is 3.36. The molecule has 4 N–H and O–H groups in total. The molecule has 1 saturated heterocycles. The first-order valence-corrected chi connectivity index (χ1v) is 12.1. The van der Waals surface area contributed by atoms with Crippen molar-refractivity contribution in [3.8, 4) is 24.3 Å². The molecule has 1 aliphatic rings. The number of aromatic nitrogens is 2. The van der Waals surface area contributed by atoms with Crippen LogP contribution in [0, 0.1) is 31.2 Å². The number of aryl methyl sites for hydroxylation is 1. The Kier molecular flexibility index (Phi) is 14.4. The number of hydrogen-bond donors (Lipinski definition) is 3. The van der Waals surface area contributed by atoms with Gasteiger partial charge in [-0.25, -0.2) is 10.5 Å². The molecule has 0 aromatic carbocycles. The maximum absolute atomic E-state index is 7.54. The lowest BCUT2D eigenvalue weighted by molar-refractivity contribution is 0.184. The zero-order chi connectivity index (χ0) is 26.1. The van der Waals surface area contributed by atoms with Crippen LogP contribution in [0.25, 0.3) is 11.5 Å². The van der Waals surface area contributed by atoms with E-state index in [-0.39, 0.29) is 5.95 Å². The van der Waals surface area contributed by atoms with E-state index in [0.717, 1.165) is 31.8 Å². The normalized spacial score (nSPS) is 15.1. The Balaban J connectivity index is 0.00000114. The summed E-state index contributed by atoms with van der Waals surface area (Å²) in [7, 11) is 0. The van der Waals surface area contributed by atoms with Crippen molar-refractivity contribution in [3.63, 3.8) is 0 Å². The Morgan fingerprint density at radius 1 is 1.31 bits per heavy atom. The lowest BCUT2D eigenvalue weighted by Gasteiger charge is -2.10. The van der Waals surface area contributed by atoms with E-state index in [4.69, 9.17) is 20.4 Å². The molecular formula is C27H40N6O2. The second-order valence-corrected chi connectivity index (χ2v) is 8.28. The highest BCUT2D eigenvalue weighted by atomic mass is 16.5. The number of nitrogen functional groups attached to an aromatic ring is 1. The second-order valence-electron chi connectivity index (χ2n) is 8.28. The van der Waals surface area contributed by atoms with Gasteiger partial charge < -0.3 is 20.2 Å². The summed E-state index contributed by atoms with van der Waals surface area (Å²) < 4.78 is 11.0. The molecule has 3 heterocycles. The molecule has 0 bridgehead atoms. The van der Waals surface area contributed by atoms with Crippen LogP contribution in [-0.2, 0) is 4.74 Å². The molecule has 0 radical (unpaired) electrons. The van der Waals surface area contributed by atoms with Crippen molar-refractivity contribution in [2.75, 3.05) is 30.8 Å². The van der Waals surface area contributed by atoms with Crippen LogP contribution in [0.15, 0.2) is 45.5 Å². The molecule has 2 aromatic heterocycles. The van der Waals surface area contributed by atoms with Crippen LogP contribution in [-0.4, -0.2) is 29.7 Å². The molecule has 0 aliphatic carbocycles. The van der Waals surface area contributed by atoms with Crippen molar-refractivity contribution < 1.29 is 9.15 Å². The van der Waals surface area contributed by atoms with Gasteiger partial charge in [0.05, 0.1) is 0 Å². The summed E-state index contributed by atoms with van der Waals surface area (Å²) in [5, 5.41) is 6.80. The zero-order valence-electron chi connectivity index (χ0n) is 21.5. The average molecular weight is 481 g/mol. The number of ether oxygens (including phenoxy) is 1. The number of hydrogen-bond acceptors (Lipinski definition) is 8. The standard InChI is InChI=1S/C22H30N6O2.C3H8.C2H2/c1-15(7-9-17-11-13-29-14-17)6-4-3-5-12-25-21-20(28-24)19(26-22(23)27-21)18-10-8-16(2)30-18;1-3-2;1-2/h3-4,6,8,10,17,24H,5,7,9,11-14H2,1-2H3,(H3,23,25,26,27);3H2,1-2H3;1-2H/b4-3-,15-6+,28-24?;;. The molecule has 8 nitrogen and oxygen atoms in total. The highest BCUT2D eigenvalue weighted by molar-refractivity contribution is 5.78. The Hall–Kier alpha value is -3.44. The molecule has 0 saturated carbocycles. The maximum Gasteiger partial charge on any atom is 0.222 e. The van der Waals surface area contributed by atoms with Gasteiger partial charge in [-0.3, -0.25) is 0 Å². The van der Waals surface area contributed by atoms with E-state index in [1.807, 2.05) is 13.0 Å². The molecular weight excluding hydrogens is 440 g/mol. The Bertz CT molecular complexity index is 971. The first-order chi connectivity index (χ1) is 17.0. The van der Waals surface area contributed by atoms with Crippen LogP contribution in [0.1, 0.15) is 58.6 Å². The fourth-order valence-corrected chi connectivity index (χ4v) is 3.36. The molecule has 0 amide bonds. The molecule has 1 fully saturated rings. The largest absolute Gasteiger partial charge is 0.460 e. The molecule has 1 aliphatic heterocycles. The van der Waals surface area contributed by atoms with Crippen molar-refractivity contribution in [2.45, 2.75) is 59.8 Å². The lowest BCUT2D eigenvalue weighted by Crippen LogP contribution is -2.06. The number of nitrogens with zero attached hydrogens (tertiary/aromatic N) is 3. The van der Waals surface area contributed by atoms with Gasteiger partial charge in [-0.05, 0) is 57.6 Å². The van der Waals surface area contributed by atoms with E-state index >= 15 is 0 Å². The second kappa shape index (κ2) is 17.1. The highest BCUT2D eigenvalue weighted by Gasteiger charge is 2.17. The van der Waals surface area contributed by atoms with Gasteiger partial charge in [-0.1, -0.05) is 44.1 Å². The van der Waals surface area contributed by atoms with Crippen LogP contribution in [0.3, 0.4) is 0 Å². The van der Waals surface area contributed by atoms with Crippen molar-refractivity contribution in [3.05, 3.63) is 41.7 Å². The predicted molar refractivity (Wildman–Crippen MR) is 144 cm³/mol. The molecule has 2 aromatic rings. The quantitative estimate of drug-likeness (QED) is 0.144. The minimum absolute atomic E-state index is 0.107. The minimum Gasteiger partial charge on any atom is -0.460 e. The van der Waals surface area contributed by atoms with Crippen molar-refractivity contribution in [2.24, 2.45) is 11.0 Å². The van der Waals surface area contributed by atoms with Crippen molar-refractivity contribution in [1.29, 1.82) is 5.53 Å². The SMILES string of the molecule is C#C.C/C(=C\C=C/CCNc1nc(N)nc(-c2ccc(C)o2)c1N=N)CCC1CCOC1.CCC. The Labute approximate surface area is 210 Å². The van der Waals surface area contributed by atoms with Gasteiger partial charge >= 0.3 is 0 Å². The fraction of sp³-hybridized carbons (Fsp3) is 0.481. The summed E-state index contributed by atoms with van der Waals surface area (Å²) >= 11 is 0. The predicted octanol–water partition coefficient (Wildman–Crippen LogP) is 7.08. The summed E-state index contributed by atoms with van der Waals surface area (Å²) in [6.45, 7) is 10.7. The van der Waals surface area contributed by atoms with E-state index in [9.17, 15) is 0 Å². The average Bonchev–Trinajstić information content (AvgIpc) is 3.53. The smallest absolute Gasteiger partial charge is 0.222 e. The summed E-state index contributed by atoms with van der Waals surface area (Å²) in [5.74, 6) is 2.52.